The van der Waals surface area contributed by atoms with Gasteiger partial charge in [0.1, 0.15) is 0 Å². The van der Waals surface area contributed by atoms with Crippen LogP contribution in [0.1, 0.15) is 93.1 Å². The summed E-state index contributed by atoms with van der Waals surface area (Å²) in [7, 11) is 1.68. The number of aliphatic carboxylic acids is 1. The molecule has 0 spiro atoms. The fourth-order valence-corrected chi connectivity index (χ4v) is 1.86. The van der Waals surface area contributed by atoms with Gasteiger partial charge in [0.15, 0.2) is 0 Å². The summed E-state index contributed by atoms with van der Waals surface area (Å²) in [5.74, 6) is -0.830. The number of hydrogen-bond acceptors (Lipinski definition) is 7. The number of carbonyl (C=O) groups is 5. The van der Waals surface area contributed by atoms with Gasteiger partial charge in [-0.25, -0.2) is 0 Å². The molecule has 242 valence electrons. The quantitative estimate of drug-likeness (QED) is 0.202. The van der Waals surface area contributed by atoms with E-state index in [0.29, 0.717) is 25.4 Å². The van der Waals surface area contributed by atoms with E-state index in [-0.39, 0.29) is 18.9 Å². The SMILES string of the molecule is CC.CC(=O)NCC(N)=O.CC(C)CCCC(=O)O.CCCCOC=O.CCOC.CCc1ccccc1.NC=O. The molecule has 11 nitrogen and oxygen atoms in total. The van der Waals surface area contributed by atoms with E-state index in [1.807, 2.05) is 33.8 Å². The number of rotatable bonds is 12. The van der Waals surface area contributed by atoms with E-state index in [4.69, 9.17) is 9.90 Å². The van der Waals surface area contributed by atoms with Gasteiger partial charge < -0.3 is 31.4 Å². The first-order valence-electron chi connectivity index (χ1n) is 13.9. The third kappa shape index (κ3) is 85.8. The predicted octanol–water partition coefficient (Wildman–Crippen LogP) is 4.49. The third-order valence-corrected chi connectivity index (χ3v) is 3.91. The van der Waals surface area contributed by atoms with Gasteiger partial charge >= 0.3 is 5.97 Å². The molecule has 0 unspecified atom stereocenters. The van der Waals surface area contributed by atoms with Gasteiger partial charge in [0.05, 0.1) is 13.2 Å². The molecule has 0 radical (unpaired) electrons. The number of hydrogen-bond donors (Lipinski definition) is 4. The fraction of sp³-hybridized carbons (Fsp3) is 0.633. The Kier molecular flexibility index (Phi) is 60.8. The highest BCUT2D eigenvalue weighted by Gasteiger charge is 1.97. The molecule has 0 aliphatic rings. The summed E-state index contributed by atoms with van der Waals surface area (Å²) in [5.41, 5.74) is 10.3. The van der Waals surface area contributed by atoms with Gasteiger partial charge in [-0.1, -0.05) is 84.7 Å². The molecule has 1 aromatic rings. The molecular formula is C30H59N3O8. The van der Waals surface area contributed by atoms with Crippen molar-refractivity contribution in [3.63, 3.8) is 0 Å². The van der Waals surface area contributed by atoms with Gasteiger partial charge in [-0.3, -0.25) is 24.0 Å². The minimum Gasteiger partial charge on any atom is -0.481 e. The molecule has 0 aliphatic carbocycles. The Morgan fingerprint density at radius 3 is 1.76 bits per heavy atom. The van der Waals surface area contributed by atoms with Crippen LogP contribution in [-0.2, 0) is 39.9 Å². The summed E-state index contributed by atoms with van der Waals surface area (Å²) >= 11 is 0. The first-order chi connectivity index (χ1) is 19.4. The van der Waals surface area contributed by atoms with Crippen LogP contribution in [0.2, 0.25) is 0 Å². The van der Waals surface area contributed by atoms with E-state index < -0.39 is 11.9 Å². The number of nitrogens with one attached hydrogen (secondary N) is 1. The van der Waals surface area contributed by atoms with Crippen LogP contribution in [0.15, 0.2) is 30.3 Å². The maximum Gasteiger partial charge on any atom is 0.303 e. The summed E-state index contributed by atoms with van der Waals surface area (Å²) in [5, 5.41) is 10.5. The number of aryl methyl sites for hydroxylation is 1. The number of unbranched alkanes of at least 4 members (excludes halogenated alkanes) is 1. The number of ether oxygens (including phenoxy) is 2. The molecule has 3 amide bonds. The van der Waals surface area contributed by atoms with E-state index in [2.05, 4.69) is 71.3 Å². The number of carboxylic acids is 1. The Morgan fingerprint density at radius 2 is 1.51 bits per heavy atom. The molecule has 0 saturated heterocycles. The van der Waals surface area contributed by atoms with Gasteiger partial charge in [-0.15, -0.1) is 0 Å². The van der Waals surface area contributed by atoms with Crippen LogP contribution in [0.4, 0.5) is 0 Å². The first kappa shape index (κ1) is 50.4. The minimum absolute atomic E-state index is 0.0741. The zero-order valence-electron chi connectivity index (χ0n) is 26.9. The molecule has 6 N–H and O–H groups in total. The van der Waals surface area contributed by atoms with E-state index in [0.717, 1.165) is 38.7 Å². The molecule has 0 saturated carbocycles. The lowest BCUT2D eigenvalue weighted by Gasteiger charge is -1.99. The van der Waals surface area contributed by atoms with Gasteiger partial charge in [0.25, 0.3) is 6.47 Å². The lowest BCUT2D eigenvalue weighted by atomic mass is 10.1. The van der Waals surface area contributed by atoms with Crippen molar-refractivity contribution in [3.8, 4) is 0 Å². The highest BCUT2D eigenvalue weighted by atomic mass is 16.5. The van der Waals surface area contributed by atoms with Crippen molar-refractivity contribution in [1.29, 1.82) is 0 Å². The lowest BCUT2D eigenvalue weighted by molar-refractivity contribution is -0.137. The standard InChI is InChI=1S/C8H10.C7H14O2.C5H10O2.C4H8N2O2.C3H8O.C2H6.CH3NO/c1-2-8-6-4-3-5-7-8;1-6(2)4-3-5-7(8)9;1-2-3-4-7-5-6;1-3(7)6-2-4(5)8;1-3-4-2;1-2;2-1-3/h3-7H,2H2,1H3;6H,3-5H2,1-2H3,(H,8,9);5H,2-4H2,1H3;2H2,1H3,(H2,5,8)(H,6,7);3H2,1-2H3;1-2H3;1H,(H2,2,3). The topological polar surface area (TPSA) is 188 Å². The summed E-state index contributed by atoms with van der Waals surface area (Å²) < 4.78 is 8.93. The number of amides is 3. The van der Waals surface area contributed by atoms with Crippen molar-refractivity contribution in [2.75, 3.05) is 26.9 Å². The van der Waals surface area contributed by atoms with E-state index in [1.54, 1.807) is 7.11 Å². The third-order valence-electron chi connectivity index (χ3n) is 3.91. The number of primary amides is 2. The smallest absolute Gasteiger partial charge is 0.303 e. The van der Waals surface area contributed by atoms with Gasteiger partial charge in [-0.2, -0.15) is 0 Å². The van der Waals surface area contributed by atoms with Gasteiger partial charge in [0, 0.05) is 27.1 Å². The molecular weight excluding hydrogens is 530 g/mol. The van der Waals surface area contributed by atoms with Crippen molar-refractivity contribution in [1.82, 2.24) is 5.32 Å². The zero-order chi connectivity index (χ0) is 33.3. The molecule has 0 heterocycles. The molecule has 0 fully saturated rings. The predicted molar refractivity (Wildman–Crippen MR) is 166 cm³/mol. The molecule has 0 bridgehead atoms. The number of carbonyl (C=O) groups excluding carboxylic acids is 4. The van der Waals surface area contributed by atoms with Crippen LogP contribution < -0.4 is 16.8 Å². The first-order valence-corrected chi connectivity index (χ1v) is 13.9. The Bertz CT molecular complexity index is 657. The van der Waals surface area contributed by atoms with Crippen molar-refractivity contribution in [2.24, 2.45) is 17.4 Å². The maximum absolute atomic E-state index is 10.0. The fourth-order valence-electron chi connectivity index (χ4n) is 1.86. The van der Waals surface area contributed by atoms with E-state index in [1.165, 1.54) is 12.5 Å². The molecule has 0 atom stereocenters. The van der Waals surface area contributed by atoms with Crippen LogP contribution >= 0.6 is 0 Å². The Morgan fingerprint density at radius 1 is 1.02 bits per heavy atom. The van der Waals surface area contributed by atoms with Gasteiger partial charge in [-0.05, 0) is 37.7 Å². The normalized spacial score (nSPS) is 8.15. The van der Waals surface area contributed by atoms with Crippen molar-refractivity contribution in [3.05, 3.63) is 35.9 Å². The van der Waals surface area contributed by atoms with Crippen LogP contribution in [0.5, 0.6) is 0 Å². The van der Waals surface area contributed by atoms with Crippen LogP contribution in [-0.4, -0.2) is 62.6 Å². The number of nitrogens with two attached hydrogens (primary N) is 2. The molecule has 11 heteroatoms. The molecule has 0 aliphatic heterocycles. The monoisotopic (exact) mass is 589 g/mol. The van der Waals surface area contributed by atoms with Crippen LogP contribution in [0.25, 0.3) is 0 Å². The number of benzene rings is 1. The number of methoxy groups -OCH3 is 1. The minimum atomic E-state index is -0.685. The number of carboxylic acid groups (broad SMARTS) is 1. The summed E-state index contributed by atoms with van der Waals surface area (Å²) in [6, 6.07) is 10.5. The molecule has 0 aromatic heterocycles. The van der Waals surface area contributed by atoms with Crippen LogP contribution in [0.3, 0.4) is 0 Å². The lowest BCUT2D eigenvalue weighted by Crippen LogP contribution is -2.31. The van der Waals surface area contributed by atoms with E-state index >= 15 is 0 Å². The summed E-state index contributed by atoms with van der Waals surface area (Å²) in [6.45, 7) is 17.5. The second-order valence-corrected chi connectivity index (χ2v) is 7.93. The van der Waals surface area contributed by atoms with Crippen molar-refractivity contribution < 1.29 is 38.6 Å². The second kappa shape index (κ2) is 49.5. The Balaban J connectivity index is -0.0000000910. The second-order valence-electron chi connectivity index (χ2n) is 7.93. The molecule has 1 rings (SSSR count). The largest absolute Gasteiger partial charge is 0.481 e. The van der Waals surface area contributed by atoms with Crippen LogP contribution in [0, 0.1) is 5.92 Å². The summed E-state index contributed by atoms with van der Waals surface area (Å²) in [4.78, 5) is 48.0. The van der Waals surface area contributed by atoms with Crippen molar-refractivity contribution >= 4 is 30.7 Å². The molecule has 41 heavy (non-hydrogen) atoms. The average Bonchev–Trinajstić information content (AvgIpc) is 2.95. The van der Waals surface area contributed by atoms with Gasteiger partial charge in [0.2, 0.25) is 18.2 Å². The van der Waals surface area contributed by atoms with E-state index in [9.17, 15) is 19.2 Å². The Labute approximate surface area is 248 Å². The summed E-state index contributed by atoms with van der Waals surface area (Å²) in [6.07, 6.45) is 5.59. The zero-order valence-corrected chi connectivity index (χ0v) is 26.9. The van der Waals surface area contributed by atoms with Crippen molar-refractivity contribution in [2.45, 2.75) is 93.9 Å². The highest BCUT2D eigenvalue weighted by Crippen LogP contribution is 2.05. The molecule has 1 aromatic carbocycles. The average molecular weight is 590 g/mol. The highest BCUT2D eigenvalue weighted by molar-refractivity contribution is 5.82. The Hall–Kier alpha value is -3.47. The maximum atomic E-state index is 10.0.